The molecule has 9 nitrogen and oxygen atoms in total. The van der Waals surface area contributed by atoms with Crippen molar-refractivity contribution in [2.75, 3.05) is 17.9 Å². The van der Waals surface area contributed by atoms with Gasteiger partial charge in [-0.05, 0) is 43.3 Å². The number of pyridine rings is 1. The van der Waals surface area contributed by atoms with Crippen LogP contribution in [0.4, 0.5) is 17.5 Å². The summed E-state index contributed by atoms with van der Waals surface area (Å²) in [7, 11) is 1.63. The normalized spacial score (nSPS) is 10.8. The van der Waals surface area contributed by atoms with Crippen LogP contribution < -0.4 is 21.2 Å². The second-order valence-corrected chi connectivity index (χ2v) is 7.29. The first-order chi connectivity index (χ1) is 16.1. The number of para-hydroxylation sites is 2. The highest BCUT2D eigenvalue weighted by atomic mass is 16.5. The van der Waals surface area contributed by atoms with E-state index in [0.29, 0.717) is 22.9 Å². The standard InChI is InChI=1S/C24H20N6O3/c1-15-13-26-23(28-22(15)29-30-19-7-3-4-8-21(19)33-24(30)31)27-17-9-10-20(32-2)18(12-17)16-6-5-11-25-14-16/h3-14H,1-2H3,(H2,26,27,28,29). The Hall–Kier alpha value is -4.66. The van der Waals surface area contributed by atoms with Gasteiger partial charge in [-0.3, -0.25) is 10.4 Å². The van der Waals surface area contributed by atoms with Crippen LogP contribution >= 0.6 is 0 Å². The van der Waals surface area contributed by atoms with Crippen molar-refractivity contribution >= 4 is 28.6 Å². The van der Waals surface area contributed by atoms with Crippen LogP contribution in [0.2, 0.25) is 0 Å². The van der Waals surface area contributed by atoms with E-state index in [4.69, 9.17) is 9.15 Å². The predicted octanol–water partition coefficient (Wildman–Crippen LogP) is 4.38. The molecule has 3 heterocycles. The van der Waals surface area contributed by atoms with E-state index in [9.17, 15) is 4.79 Å². The number of hydrogen-bond acceptors (Lipinski definition) is 8. The van der Waals surface area contributed by atoms with Gasteiger partial charge in [0.25, 0.3) is 0 Å². The van der Waals surface area contributed by atoms with Crippen LogP contribution in [0.15, 0.2) is 82.4 Å². The van der Waals surface area contributed by atoms with Crippen LogP contribution in [0.5, 0.6) is 5.75 Å². The molecule has 0 saturated heterocycles. The predicted molar refractivity (Wildman–Crippen MR) is 126 cm³/mol. The van der Waals surface area contributed by atoms with E-state index in [1.54, 1.807) is 37.8 Å². The lowest BCUT2D eigenvalue weighted by atomic mass is 10.1. The van der Waals surface area contributed by atoms with Gasteiger partial charge in [0.05, 0.1) is 7.11 Å². The average molecular weight is 440 g/mol. The lowest BCUT2D eigenvalue weighted by Crippen LogP contribution is -2.23. The molecular formula is C24H20N6O3. The maximum atomic E-state index is 12.3. The average Bonchev–Trinajstić information content (AvgIpc) is 3.16. The minimum absolute atomic E-state index is 0.367. The Labute approximate surface area is 188 Å². The van der Waals surface area contributed by atoms with Gasteiger partial charge in [0.2, 0.25) is 5.95 Å². The van der Waals surface area contributed by atoms with E-state index in [2.05, 4.69) is 25.7 Å². The zero-order chi connectivity index (χ0) is 22.8. The number of nitrogens with one attached hydrogen (secondary N) is 2. The van der Waals surface area contributed by atoms with E-state index in [1.807, 2.05) is 49.4 Å². The van der Waals surface area contributed by atoms with Gasteiger partial charge in [-0.25, -0.2) is 9.78 Å². The maximum Gasteiger partial charge on any atom is 0.439 e. The first-order valence-corrected chi connectivity index (χ1v) is 10.2. The molecule has 0 spiro atoms. The van der Waals surface area contributed by atoms with Gasteiger partial charge in [0, 0.05) is 41.0 Å². The largest absolute Gasteiger partial charge is 0.496 e. The summed E-state index contributed by atoms with van der Waals surface area (Å²) in [5.74, 6) is 1.04. The number of fused-ring (bicyclic) bond motifs is 1. The number of ether oxygens (including phenoxy) is 1. The quantitative estimate of drug-likeness (QED) is 0.401. The SMILES string of the molecule is COc1ccc(Nc2ncc(C)c(Nn3c(=O)oc4ccccc43)n2)cc1-c1cccnc1. The Bertz CT molecular complexity index is 1490. The number of benzene rings is 2. The molecule has 3 aromatic heterocycles. The van der Waals surface area contributed by atoms with Crippen LogP contribution in [-0.2, 0) is 0 Å². The second kappa shape index (κ2) is 8.46. The van der Waals surface area contributed by atoms with Crippen molar-refractivity contribution in [3.63, 3.8) is 0 Å². The van der Waals surface area contributed by atoms with E-state index in [-0.39, 0.29) is 0 Å². The lowest BCUT2D eigenvalue weighted by Gasteiger charge is -2.13. The van der Waals surface area contributed by atoms with Crippen molar-refractivity contribution in [3.05, 3.63) is 89.3 Å². The minimum atomic E-state index is -0.528. The Morgan fingerprint density at radius 3 is 2.76 bits per heavy atom. The number of anilines is 3. The maximum absolute atomic E-state index is 12.3. The molecule has 0 fully saturated rings. The molecule has 0 radical (unpaired) electrons. The number of rotatable bonds is 6. The molecule has 0 saturated carbocycles. The summed E-state index contributed by atoms with van der Waals surface area (Å²) >= 11 is 0. The molecule has 33 heavy (non-hydrogen) atoms. The summed E-state index contributed by atoms with van der Waals surface area (Å²) in [6.45, 7) is 1.85. The van der Waals surface area contributed by atoms with Gasteiger partial charge in [0.1, 0.15) is 11.3 Å². The van der Waals surface area contributed by atoms with Gasteiger partial charge in [-0.1, -0.05) is 18.2 Å². The number of hydrogen-bond donors (Lipinski definition) is 2. The number of nitrogens with zero attached hydrogens (tertiary/aromatic N) is 4. The fraction of sp³-hybridized carbons (Fsp3) is 0.0833. The van der Waals surface area contributed by atoms with E-state index in [0.717, 1.165) is 28.1 Å². The molecule has 2 aromatic carbocycles. The molecule has 164 valence electrons. The summed E-state index contributed by atoms with van der Waals surface area (Å²) in [6.07, 6.45) is 5.18. The highest BCUT2D eigenvalue weighted by Gasteiger charge is 2.13. The Balaban J connectivity index is 1.46. The van der Waals surface area contributed by atoms with E-state index >= 15 is 0 Å². The monoisotopic (exact) mass is 440 g/mol. The highest BCUT2D eigenvalue weighted by molar-refractivity contribution is 5.75. The fourth-order valence-electron chi connectivity index (χ4n) is 3.46. The van der Waals surface area contributed by atoms with Crippen molar-refractivity contribution in [3.8, 4) is 16.9 Å². The first-order valence-electron chi connectivity index (χ1n) is 10.2. The topological polar surface area (TPSA) is 107 Å². The number of methoxy groups -OCH3 is 1. The molecule has 0 unspecified atom stereocenters. The number of aryl methyl sites for hydroxylation is 1. The molecule has 0 bridgehead atoms. The number of oxazole rings is 1. The Morgan fingerprint density at radius 1 is 1.06 bits per heavy atom. The van der Waals surface area contributed by atoms with Crippen molar-refractivity contribution in [2.45, 2.75) is 6.92 Å². The van der Waals surface area contributed by atoms with Crippen LogP contribution in [0, 0.1) is 6.92 Å². The van der Waals surface area contributed by atoms with Crippen molar-refractivity contribution in [1.29, 1.82) is 0 Å². The third-order valence-electron chi connectivity index (χ3n) is 5.10. The highest BCUT2D eigenvalue weighted by Crippen LogP contribution is 2.32. The van der Waals surface area contributed by atoms with Crippen LogP contribution in [0.1, 0.15) is 5.56 Å². The summed E-state index contributed by atoms with van der Waals surface area (Å²) in [5, 5.41) is 3.22. The molecule has 5 rings (SSSR count). The van der Waals surface area contributed by atoms with Gasteiger partial charge in [0.15, 0.2) is 11.4 Å². The zero-order valence-corrected chi connectivity index (χ0v) is 17.9. The molecule has 0 aliphatic rings. The van der Waals surface area contributed by atoms with Gasteiger partial charge >= 0.3 is 5.76 Å². The zero-order valence-electron chi connectivity index (χ0n) is 17.9. The summed E-state index contributed by atoms with van der Waals surface area (Å²) in [4.78, 5) is 25.4. The lowest BCUT2D eigenvalue weighted by molar-refractivity contribution is 0.416. The summed E-state index contributed by atoms with van der Waals surface area (Å²) < 4.78 is 12.1. The van der Waals surface area contributed by atoms with E-state index in [1.165, 1.54) is 4.68 Å². The van der Waals surface area contributed by atoms with Crippen LogP contribution in [0.3, 0.4) is 0 Å². The molecule has 0 atom stereocenters. The Morgan fingerprint density at radius 2 is 1.94 bits per heavy atom. The molecule has 5 aromatic rings. The second-order valence-electron chi connectivity index (χ2n) is 7.29. The van der Waals surface area contributed by atoms with Gasteiger partial charge < -0.3 is 14.5 Å². The molecule has 0 amide bonds. The van der Waals surface area contributed by atoms with Crippen LogP contribution in [0.25, 0.3) is 22.2 Å². The third-order valence-corrected chi connectivity index (χ3v) is 5.10. The molecule has 0 aliphatic heterocycles. The van der Waals surface area contributed by atoms with Gasteiger partial charge in [-0.15, -0.1) is 0 Å². The van der Waals surface area contributed by atoms with E-state index < -0.39 is 5.76 Å². The smallest absolute Gasteiger partial charge is 0.439 e. The number of aromatic nitrogens is 4. The molecule has 2 N–H and O–H groups in total. The summed E-state index contributed by atoms with van der Waals surface area (Å²) in [6, 6.07) is 16.7. The fourth-order valence-corrected chi connectivity index (χ4v) is 3.46. The Kier molecular flexibility index (Phi) is 5.19. The van der Waals surface area contributed by atoms with Gasteiger partial charge in [-0.2, -0.15) is 9.66 Å². The van der Waals surface area contributed by atoms with Crippen molar-refractivity contribution in [1.82, 2.24) is 19.6 Å². The third kappa shape index (κ3) is 3.99. The van der Waals surface area contributed by atoms with Crippen molar-refractivity contribution in [2.24, 2.45) is 0 Å². The van der Waals surface area contributed by atoms with Crippen LogP contribution in [-0.4, -0.2) is 26.7 Å². The minimum Gasteiger partial charge on any atom is -0.496 e. The molecule has 9 heteroatoms. The molecule has 0 aliphatic carbocycles. The summed E-state index contributed by atoms with van der Waals surface area (Å²) in [5.41, 5.74) is 7.49. The molecular weight excluding hydrogens is 420 g/mol. The first kappa shape index (κ1) is 20.3. The van der Waals surface area contributed by atoms with Crippen molar-refractivity contribution < 1.29 is 9.15 Å².